The van der Waals surface area contributed by atoms with Gasteiger partial charge < -0.3 is 15.2 Å². The second-order valence-electron chi connectivity index (χ2n) is 5.07. The second-order valence-corrected chi connectivity index (χ2v) is 5.07. The summed E-state index contributed by atoms with van der Waals surface area (Å²) in [6.45, 7) is 4.16. The summed E-state index contributed by atoms with van der Waals surface area (Å²) in [5.74, 6) is 0.0598. The standard InChI is InChI=1S/C14H20FNO2/c1-11(12-2-4-13(15)5-3-12)8-16-14(9-17)6-7-18-10-14/h2-5,11,16-17H,6-10H2,1H3/t11-,14-/m0/s1. The van der Waals surface area contributed by atoms with E-state index in [2.05, 4.69) is 12.2 Å². The van der Waals surface area contributed by atoms with E-state index in [1.54, 1.807) is 12.1 Å². The van der Waals surface area contributed by atoms with E-state index in [-0.39, 0.29) is 23.9 Å². The summed E-state index contributed by atoms with van der Waals surface area (Å²) in [5, 5.41) is 12.8. The van der Waals surface area contributed by atoms with Crippen LogP contribution < -0.4 is 5.32 Å². The molecule has 0 bridgehead atoms. The molecule has 1 heterocycles. The Kier molecular flexibility index (Phi) is 4.32. The molecule has 0 unspecified atom stereocenters. The van der Waals surface area contributed by atoms with Gasteiger partial charge in [-0.1, -0.05) is 19.1 Å². The zero-order chi connectivity index (χ0) is 13.0. The molecule has 2 N–H and O–H groups in total. The van der Waals surface area contributed by atoms with Crippen LogP contribution >= 0.6 is 0 Å². The predicted molar refractivity (Wildman–Crippen MR) is 68.1 cm³/mol. The Morgan fingerprint density at radius 3 is 2.72 bits per heavy atom. The Morgan fingerprint density at radius 1 is 1.44 bits per heavy atom. The minimum Gasteiger partial charge on any atom is -0.394 e. The van der Waals surface area contributed by atoms with Gasteiger partial charge in [-0.2, -0.15) is 0 Å². The van der Waals surface area contributed by atoms with Gasteiger partial charge in [0.25, 0.3) is 0 Å². The SMILES string of the molecule is C[C@@H](CN[C@]1(CO)CCOC1)c1ccc(F)cc1. The van der Waals surface area contributed by atoms with Gasteiger partial charge in [0.1, 0.15) is 5.82 Å². The highest BCUT2D eigenvalue weighted by Gasteiger charge is 2.33. The number of rotatable bonds is 5. The average molecular weight is 253 g/mol. The van der Waals surface area contributed by atoms with Crippen LogP contribution in [0.2, 0.25) is 0 Å². The number of hydrogen-bond donors (Lipinski definition) is 2. The molecular formula is C14H20FNO2. The van der Waals surface area contributed by atoms with Crippen LogP contribution in [0, 0.1) is 5.82 Å². The summed E-state index contributed by atoms with van der Waals surface area (Å²) < 4.78 is 18.2. The zero-order valence-corrected chi connectivity index (χ0v) is 10.7. The molecule has 3 nitrogen and oxygen atoms in total. The molecule has 1 aliphatic rings. The van der Waals surface area contributed by atoms with Crippen molar-refractivity contribution in [1.29, 1.82) is 0 Å². The summed E-state index contributed by atoms with van der Waals surface area (Å²) in [7, 11) is 0. The lowest BCUT2D eigenvalue weighted by molar-refractivity contribution is 0.120. The topological polar surface area (TPSA) is 41.5 Å². The van der Waals surface area contributed by atoms with Gasteiger partial charge in [0.2, 0.25) is 0 Å². The van der Waals surface area contributed by atoms with Crippen LogP contribution in [0.5, 0.6) is 0 Å². The molecule has 0 aliphatic carbocycles. The fourth-order valence-electron chi connectivity index (χ4n) is 2.21. The Labute approximate surface area is 107 Å². The maximum Gasteiger partial charge on any atom is 0.123 e. The monoisotopic (exact) mass is 253 g/mol. The number of nitrogens with one attached hydrogen (secondary N) is 1. The molecule has 4 heteroatoms. The minimum absolute atomic E-state index is 0.0864. The van der Waals surface area contributed by atoms with Crippen molar-refractivity contribution in [3.63, 3.8) is 0 Å². The normalized spacial score (nSPS) is 25.3. The van der Waals surface area contributed by atoms with Gasteiger partial charge in [0, 0.05) is 13.2 Å². The molecule has 100 valence electrons. The lowest BCUT2D eigenvalue weighted by Gasteiger charge is -2.28. The van der Waals surface area contributed by atoms with Crippen LogP contribution in [-0.4, -0.2) is 37.0 Å². The van der Waals surface area contributed by atoms with Crippen molar-refractivity contribution >= 4 is 0 Å². The average Bonchev–Trinajstić information content (AvgIpc) is 2.86. The van der Waals surface area contributed by atoms with E-state index in [0.717, 1.165) is 18.5 Å². The molecule has 18 heavy (non-hydrogen) atoms. The molecule has 1 fully saturated rings. The van der Waals surface area contributed by atoms with Crippen LogP contribution in [0.1, 0.15) is 24.8 Å². The molecule has 0 saturated carbocycles. The summed E-state index contributed by atoms with van der Waals surface area (Å²) in [5.41, 5.74) is 0.796. The second kappa shape index (κ2) is 5.78. The number of ether oxygens (including phenoxy) is 1. The van der Waals surface area contributed by atoms with E-state index in [1.807, 2.05) is 0 Å². The highest BCUT2D eigenvalue weighted by molar-refractivity contribution is 5.20. The van der Waals surface area contributed by atoms with Gasteiger partial charge in [-0.15, -0.1) is 0 Å². The Bertz CT molecular complexity index is 374. The molecule has 0 amide bonds. The van der Waals surface area contributed by atoms with Gasteiger partial charge in [0.05, 0.1) is 18.8 Å². The first kappa shape index (κ1) is 13.5. The first-order valence-corrected chi connectivity index (χ1v) is 6.34. The highest BCUT2D eigenvalue weighted by atomic mass is 19.1. The number of halogens is 1. The Morgan fingerprint density at radius 2 is 2.17 bits per heavy atom. The summed E-state index contributed by atoms with van der Waals surface area (Å²) in [6, 6.07) is 6.57. The van der Waals surface area contributed by atoms with Crippen molar-refractivity contribution in [2.75, 3.05) is 26.4 Å². The van der Waals surface area contributed by atoms with Crippen LogP contribution in [0.3, 0.4) is 0 Å². The number of hydrogen-bond acceptors (Lipinski definition) is 3. The van der Waals surface area contributed by atoms with E-state index in [1.165, 1.54) is 12.1 Å². The summed E-state index contributed by atoms with van der Waals surface area (Å²) >= 11 is 0. The third-order valence-corrected chi connectivity index (χ3v) is 3.63. The molecule has 2 rings (SSSR count). The van der Waals surface area contributed by atoms with Crippen LogP contribution in [0.4, 0.5) is 4.39 Å². The molecule has 1 saturated heterocycles. The molecule has 0 spiro atoms. The van der Waals surface area contributed by atoms with Crippen molar-refractivity contribution in [1.82, 2.24) is 5.32 Å². The fourth-order valence-corrected chi connectivity index (χ4v) is 2.21. The van der Waals surface area contributed by atoms with Crippen LogP contribution in [0.25, 0.3) is 0 Å². The maximum absolute atomic E-state index is 12.8. The zero-order valence-electron chi connectivity index (χ0n) is 10.7. The Balaban J connectivity index is 1.91. The first-order chi connectivity index (χ1) is 8.65. The highest BCUT2D eigenvalue weighted by Crippen LogP contribution is 2.20. The molecule has 1 aromatic carbocycles. The van der Waals surface area contributed by atoms with Crippen LogP contribution in [0.15, 0.2) is 24.3 Å². The quantitative estimate of drug-likeness (QED) is 0.838. The van der Waals surface area contributed by atoms with Crippen LogP contribution in [-0.2, 0) is 4.74 Å². The Hall–Kier alpha value is -0.970. The van der Waals surface area contributed by atoms with Crippen molar-refractivity contribution in [3.8, 4) is 0 Å². The van der Waals surface area contributed by atoms with E-state index < -0.39 is 0 Å². The van der Waals surface area contributed by atoms with Gasteiger partial charge >= 0.3 is 0 Å². The molecule has 2 atom stereocenters. The number of aliphatic hydroxyl groups excluding tert-OH is 1. The molecule has 0 aromatic heterocycles. The van der Waals surface area contributed by atoms with Crippen molar-refractivity contribution < 1.29 is 14.2 Å². The molecule has 0 radical (unpaired) electrons. The number of aliphatic hydroxyl groups is 1. The predicted octanol–water partition coefficient (Wildman–Crippen LogP) is 1.67. The lowest BCUT2D eigenvalue weighted by atomic mass is 9.96. The number of benzene rings is 1. The van der Waals surface area contributed by atoms with Crippen molar-refractivity contribution in [2.24, 2.45) is 0 Å². The minimum atomic E-state index is -0.297. The van der Waals surface area contributed by atoms with E-state index in [9.17, 15) is 9.50 Å². The molecule has 1 aromatic rings. The fraction of sp³-hybridized carbons (Fsp3) is 0.571. The smallest absolute Gasteiger partial charge is 0.123 e. The maximum atomic E-state index is 12.8. The molecule has 1 aliphatic heterocycles. The van der Waals surface area contributed by atoms with Crippen molar-refractivity contribution in [2.45, 2.75) is 24.8 Å². The third kappa shape index (κ3) is 3.07. The largest absolute Gasteiger partial charge is 0.394 e. The van der Waals surface area contributed by atoms with E-state index in [0.29, 0.717) is 13.2 Å². The van der Waals surface area contributed by atoms with E-state index in [4.69, 9.17) is 4.74 Å². The van der Waals surface area contributed by atoms with Gasteiger partial charge in [-0.05, 0) is 30.0 Å². The summed E-state index contributed by atoms with van der Waals surface area (Å²) in [6.07, 6.45) is 0.833. The van der Waals surface area contributed by atoms with Gasteiger partial charge in [-0.3, -0.25) is 0 Å². The first-order valence-electron chi connectivity index (χ1n) is 6.34. The van der Waals surface area contributed by atoms with E-state index >= 15 is 0 Å². The van der Waals surface area contributed by atoms with Gasteiger partial charge in [0.15, 0.2) is 0 Å². The lowest BCUT2D eigenvalue weighted by Crippen LogP contribution is -2.50. The van der Waals surface area contributed by atoms with Gasteiger partial charge in [-0.25, -0.2) is 4.39 Å². The molecular weight excluding hydrogens is 233 g/mol. The third-order valence-electron chi connectivity index (χ3n) is 3.63. The van der Waals surface area contributed by atoms with Crippen molar-refractivity contribution in [3.05, 3.63) is 35.6 Å². The summed E-state index contributed by atoms with van der Waals surface area (Å²) in [4.78, 5) is 0.